The van der Waals surface area contributed by atoms with E-state index in [9.17, 15) is 13.2 Å². The van der Waals surface area contributed by atoms with E-state index in [4.69, 9.17) is 14.2 Å². The topological polar surface area (TPSA) is 88.6 Å². The molecule has 2 saturated heterocycles. The maximum absolute atomic E-state index is 14.2. The Balaban J connectivity index is 1.24. The van der Waals surface area contributed by atoms with E-state index >= 15 is 0 Å². The number of carbonyl (C=O) groups excluding carboxylic acids is 1. The molecule has 4 aromatic rings. The van der Waals surface area contributed by atoms with Gasteiger partial charge in [0.15, 0.2) is 11.5 Å². The first-order valence-corrected chi connectivity index (χ1v) is 16.9. The van der Waals surface area contributed by atoms with Gasteiger partial charge in [0, 0.05) is 38.7 Å². The van der Waals surface area contributed by atoms with Crippen molar-refractivity contribution in [1.82, 2.24) is 14.1 Å². The number of methoxy groups -OCH3 is 2. The second-order valence-electron chi connectivity index (χ2n) is 11.5. The van der Waals surface area contributed by atoms with Crippen LogP contribution in [-0.4, -0.2) is 87.5 Å². The number of rotatable bonds is 10. The lowest BCUT2D eigenvalue weighted by Gasteiger charge is -2.41. The molecule has 0 radical (unpaired) electrons. The molecule has 0 bridgehead atoms. The number of sulfonamides is 1. The molecule has 2 heterocycles. The number of hydrogen-bond acceptors (Lipinski definition) is 7. The number of amides is 1. The third-order valence-corrected chi connectivity index (χ3v) is 10.6. The highest BCUT2D eigenvalue weighted by Crippen LogP contribution is 2.35. The zero-order valence-corrected chi connectivity index (χ0v) is 26.9. The zero-order chi connectivity index (χ0) is 32.1. The Kier molecular flexibility index (Phi) is 9.58. The highest BCUT2D eigenvalue weighted by atomic mass is 32.2. The molecule has 6 rings (SSSR count). The summed E-state index contributed by atoms with van der Waals surface area (Å²) in [7, 11) is -1.14. The molecule has 2 fully saturated rings. The third-order valence-electron chi connectivity index (χ3n) is 8.73. The van der Waals surface area contributed by atoms with Crippen LogP contribution in [0, 0.1) is 0 Å². The van der Waals surface area contributed by atoms with Crippen molar-refractivity contribution >= 4 is 15.9 Å². The van der Waals surface area contributed by atoms with Crippen LogP contribution in [0.5, 0.6) is 17.2 Å². The summed E-state index contributed by atoms with van der Waals surface area (Å²) in [6.07, 6.45) is -0.245. The molecule has 10 heteroatoms. The van der Waals surface area contributed by atoms with E-state index in [0.29, 0.717) is 43.4 Å². The molecule has 2 atom stereocenters. The molecular formula is C36H39N3O6S. The molecule has 0 aromatic heterocycles. The summed E-state index contributed by atoms with van der Waals surface area (Å²) in [6.45, 7) is 2.32. The minimum absolute atomic E-state index is 0.0293. The van der Waals surface area contributed by atoms with Crippen LogP contribution < -0.4 is 14.2 Å². The van der Waals surface area contributed by atoms with E-state index in [2.05, 4.69) is 29.2 Å². The summed E-state index contributed by atoms with van der Waals surface area (Å²) in [5.74, 6) is 1.14. The summed E-state index contributed by atoms with van der Waals surface area (Å²) in [5.41, 5.74) is 2.38. The summed E-state index contributed by atoms with van der Waals surface area (Å²) < 4.78 is 46.5. The minimum atomic E-state index is -4.09. The molecule has 4 aromatic carbocycles. The first-order chi connectivity index (χ1) is 22.4. The highest BCUT2D eigenvalue weighted by Gasteiger charge is 2.47. The maximum Gasteiger partial charge on any atom is 0.244 e. The molecule has 2 aliphatic heterocycles. The number of carbonyl (C=O) groups is 1. The average molecular weight is 642 g/mol. The molecule has 9 nitrogen and oxygen atoms in total. The van der Waals surface area contributed by atoms with Crippen LogP contribution in [0.15, 0.2) is 114 Å². The lowest BCUT2D eigenvalue weighted by molar-refractivity contribution is -0.136. The second-order valence-corrected chi connectivity index (χ2v) is 13.4. The summed E-state index contributed by atoms with van der Waals surface area (Å²) in [6, 6.07) is 33.7. The SMILES string of the molecule is COc1ccc(S(=O)(=O)N2CC(Oc3ccccc3)CC2C(=O)N2CCN(C(c3ccccc3)c3ccccc3)CC2)cc1OC. The molecule has 0 saturated carbocycles. The van der Waals surface area contributed by atoms with Gasteiger partial charge >= 0.3 is 0 Å². The molecule has 46 heavy (non-hydrogen) atoms. The minimum Gasteiger partial charge on any atom is -0.493 e. The van der Waals surface area contributed by atoms with Gasteiger partial charge in [-0.2, -0.15) is 4.31 Å². The second kappa shape index (κ2) is 13.9. The van der Waals surface area contributed by atoms with E-state index in [1.54, 1.807) is 11.0 Å². The molecule has 2 aliphatic rings. The van der Waals surface area contributed by atoms with Crippen molar-refractivity contribution in [2.45, 2.75) is 29.5 Å². The normalized spacial score (nSPS) is 19.2. The number of piperazine rings is 1. The van der Waals surface area contributed by atoms with Crippen molar-refractivity contribution in [2.24, 2.45) is 0 Å². The van der Waals surface area contributed by atoms with Crippen LogP contribution in [0.25, 0.3) is 0 Å². The molecule has 0 aliphatic carbocycles. The number of benzene rings is 4. The Morgan fingerprint density at radius 3 is 1.87 bits per heavy atom. The number of para-hydroxylation sites is 1. The number of nitrogens with zero attached hydrogens (tertiary/aromatic N) is 3. The predicted molar refractivity (Wildman–Crippen MR) is 176 cm³/mol. The lowest BCUT2D eigenvalue weighted by Crippen LogP contribution is -2.54. The Bertz CT molecular complexity index is 1680. The van der Waals surface area contributed by atoms with E-state index in [0.717, 1.165) is 0 Å². The Hall–Kier alpha value is -4.38. The van der Waals surface area contributed by atoms with Gasteiger partial charge in [0.1, 0.15) is 17.9 Å². The monoisotopic (exact) mass is 641 g/mol. The molecule has 2 unspecified atom stereocenters. The summed E-state index contributed by atoms with van der Waals surface area (Å²) >= 11 is 0. The quantitative estimate of drug-likeness (QED) is 0.245. The van der Waals surface area contributed by atoms with Crippen molar-refractivity contribution < 1.29 is 27.4 Å². The Labute approximate surface area is 271 Å². The van der Waals surface area contributed by atoms with Gasteiger partial charge in [-0.05, 0) is 35.4 Å². The fourth-order valence-corrected chi connectivity index (χ4v) is 8.08. The van der Waals surface area contributed by atoms with Gasteiger partial charge in [-0.15, -0.1) is 0 Å². The Morgan fingerprint density at radius 1 is 0.739 bits per heavy atom. The fraction of sp³-hybridized carbons (Fsp3) is 0.306. The summed E-state index contributed by atoms with van der Waals surface area (Å²) in [4.78, 5) is 18.5. The lowest BCUT2D eigenvalue weighted by atomic mass is 9.96. The zero-order valence-electron chi connectivity index (χ0n) is 26.1. The van der Waals surface area contributed by atoms with Crippen molar-refractivity contribution in [2.75, 3.05) is 46.9 Å². The molecule has 1 amide bonds. The van der Waals surface area contributed by atoms with Gasteiger partial charge in [0.25, 0.3) is 0 Å². The molecule has 0 N–H and O–H groups in total. The van der Waals surface area contributed by atoms with Gasteiger partial charge < -0.3 is 19.1 Å². The first-order valence-electron chi connectivity index (χ1n) is 15.5. The van der Waals surface area contributed by atoms with Crippen molar-refractivity contribution in [3.05, 3.63) is 120 Å². The van der Waals surface area contributed by atoms with Gasteiger partial charge in [-0.1, -0.05) is 78.9 Å². The van der Waals surface area contributed by atoms with Crippen LogP contribution in [0.4, 0.5) is 0 Å². The molecular weight excluding hydrogens is 602 g/mol. The molecule has 0 spiro atoms. The van der Waals surface area contributed by atoms with E-state index in [1.165, 1.54) is 41.8 Å². The van der Waals surface area contributed by atoms with Gasteiger partial charge in [0.05, 0.1) is 31.7 Å². The predicted octanol–water partition coefficient (Wildman–Crippen LogP) is 4.85. The number of hydrogen-bond donors (Lipinski definition) is 0. The van der Waals surface area contributed by atoms with Gasteiger partial charge in [-0.25, -0.2) is 8.42 Å². The molecule has 240 valence electrons. The third kappa shape index (κ3) is 6.60. The largest absolute Gasteiger partial charge is 0.493 e. The standard InChI is InChI=1S/C36H39N3O6S/c1-43-33-19-18-31(25-34(33)44-2)46(41,42)39-26-30(45-29-16-10-5-11-17-29)24-32(39)36(40)38-22-20-37(21-23-38)35(27-12-6-3-7-13-27)28-14-8-4-9-15-28/h3-19,25,30,32,35H,20-24,26H2,1-2H3. The van der Waals surface area contributed by atoms with Crippen LogP contribution in [0.1, 0.15) is 23.6 Å². The van der Waals surface area contributed by atoms with E-state index in [-0.39, 0.29) is 29.8 Å². The van der Waals surface area contributed by atoms with Crippen LogP contribution in [0.3, 0.4) is 0 Å². The average Bonchev–Trinajstić information content (AvgIpc) is 3.54. The van der Waals surface area contributed by atoms with Gasteiger partial charge in [0.2, 0.25) is 15.9 Å². The smallest absolute Gasteiger partial charge is 0.244 e. The van der Waals surface area contributed by atoms with Crippen molar-refractivity contribution in [1.29, 1.82) is 0 Å². The summed E-state index contributed by atoms with van der Waals surface area (Å²) in [5, 5.41) is 0. The van der Waals surface area contributed by atoms with Crippen LogP contribution in [-0.2, 0) is 14.8 Å². The fourth-order valence-electron chi connectivity index (χ4n) is 6.44. The highest BCUT2D eigenvalue weighted by molar-refractivity contribution is 7.89. The maximum atomic E-state index is 14.2. The number of ether oxygens (including phenoxy) is 3. The first kappa shape index (κ1) is 31.6. The van der Waals surface area contributed by atoms with E-state index in [1.807, 2.05) is 66.7 Å². The van der Waals surface area contributed by atoms with Crippen LogP contribution in [0.2, 0.25) is 0 Å². The Morgan fingerprint density at radius 2 is 1.30 bits per heavy atom. The van der Waals surface area contributed by atoms with Gasteiger partial charge in [-0.3, -0.25) is 9.69 Å². The van der Waals surface area contributed by atoms with Crippen LogP contribution >= 0.6 is 0 Å². The van der Waals surface area contributed by atoms with Crippen molar-refractivity contribution in [3.8, 4) is 17.2 Å². The van der Waals surface area contributed by atoms with E-state index < -0.39 is 22.2 Å². The van der Waals surface area contributed by atoms with Crippen molar-refractivity contribution in [3.63, 3.8) is 0 Å².